The molecule has 0 atom stereocenters. The summed E-state index contributed by atoms with van der Waals surface area (Å²) >= 11 is 0. The second-order valence-electron chi connectivity index (χ2n) is 1.88. The van der Waals surface area contributed by atoms with Crippen LogP contribution in [0.15, 0.2) is 0 Å². The van der Waals surface area contributed by atoms with Gasteiger partial charge in [-0.3, -0.25) is 4.90 Å². The summed E-state index contributed by atoms with van der Waals surface area (Å²) in [6.07, 6.45) is 0. The van der Waals surface area contributed by atoms with Crippen LogP contribution in [0.25, 0.3) is 0 Å². The average molecular weight is 144 g/mol. The molecule has 0 aliphatic rings. The van der Waals surface area contributed by atoms with E-state index in [1.54, 1.807) is 4.90 Å². The molecule has 0 radical (unpaired) electrons. The lowest BCUT2D eigenvalue weighted by atomic mass is 10.5. The van der Waals surface area contributed by atoms with Gasteiger partial charge < -0.3 is 10.2 Å². The van der Waals surface area contributed by atoms with Crippen molar-refractivity contribution in [3.63, 3.8) is 0 Å². The van der Waals surface area contributed by atoms with Crippen molar-refractivity contribution in [3.05, 3.63) is 0 Å². The summed E-state index contributed by atoms with van der Waals surface area (Å²) in [4.78, 5) is 1.68. The lowest BCUT2D eigenvalue weighted by Gasteiger charge is -2.14. The maximum Gasteiger partial charge on any atom is 0.0867 e. The molecule has 0 bridgehead atoms. The smallest absolute Gasteiger partial charge is 0.0867 e. The molecule has 0 aliphatic heterocycles. The first-order valence-electron chi connectivity index (χ1n) is 3.16. The van der Waals surface area contributed by atoms with Gasteiger partial charge in [0.1, 0.15) is 0 Å². The highest BCUT2D eigenvalue weighted by molar-refractivity contribution is 4.75. The van der Waals surface area contributed by atoms with Gasteiger partial charge in [0.05, 0.1) is 25.8 Å². The molecule has 0 aromatic heterocycles. The topological polar surface area (TPSA) is 67.5 Å². The summed E-state index contributed by atoms with van der Waals surface area (Å²) in [7, 11) is 0. The third-order valence-corrected chi connectivity index (χ3v) is 1.13. The highest BCUT2D eigenvalue weighted by atomic mass is 16.3. The first-order valence-corrected chi connectivity index (χ1v) is 3.16. The highest BCUT2D eigenvalue weighted by Crippen LogP contribution is 1.83. The van der Waals surface area contributed by atoms with E-state index in [0.717, 1.165) is 0 Å². The summed E-state index contributed by atoms with van der Waals surface area (Å²) in [5.41, 5.74) is 0. The van der Waals surface area contributed by atoms with E-state index in [0.29, 0.717) is 13.1 Å². The summed E-state index contributed by atoms with van der Waals surface area (Å²) in [6.45, 7) is 1.23. The van der Waals surface area contributed by atoms with Crippen LogP contribution in [0.1, 0.15) is 0 Å². The van der Waals surface area contributed by atoms with Crippen LogP contribution < -0.4 is 0 Å². The van der Waals surface area contributed by atoms with E-state index in [2.05, 4.69) is 0 Å². The predicted octanol–water partition coefficient (Wildman–Crippen LogP) is -1.20. The van der Waals surface area contributed by atoms with Gasteiger partial charge >= 0.3 is 0 Å². The summed E-state index contributed by atoms with van der Waals surface area (Å²) in [6, 6.07) is 1.94. The van der Waals surface area contributed by atoms with E-state index in [1.165, 1.54) is 0 Å². The molecule has 0 saturated carbocycles. The molecule has 0 heterocycles. The van der Waals surface area contributed by atoms with Gasteiger partial charge in [0, 0.05) is 13.1 Å². The van der Waals surface area contributed by atoms with E-state index in [-0.39, 0.29) is 19.8 Å². The molecule has 0 fully saturated rings. The molecule has 10 heavy (non-hydrogen) atoms. The van der Waals surface area contributed by atoms with Crippen molar-refractivity contribution >= 4 is 0 Å². The summed E-state index contributed by atoms with van der Waals surface area (Å²) < 4.78 is 0. The molecular weight excluding hydrogens is 132 g/mol. The Morgan fingerprint density at radius 2 is 1.70 bits per heavy atom. The van der Waals surface area contributed by atoms with E-state index in [4.69, 9.17) is 15.5 Å². The summed E-state index contributed by atoms with van der Waals surface area (Å²) in [5.74, 6) is 0. The summed E-state index contributed by atoms with van der Waals surface area (Å²) in [5, 5.41) is 25.1. The van der Waals surface area contributed by atoms with Crippen LogP contribution in [0.4, 0.5) is 0 Å². The van der Waals surface area contributed by atoms with Gasteiger partial charge in [0.15, 0.2) is 0 Å². The van der Waals surface area contributed by atoms with E-state index in [9.17, 15) is 0 Å². The number of aliphatic hydroxyl groups excluding tert-OH is 2. The van der Waals surface area contributed by atoms with Crippen molar-refractivity contribution in [2.75, 3.05) is 32.8 Å². The van der Waals surface area contributed by atoms with Gasteiger partial charge in [-0.2, -0.15) is 5.26 Å². The largest absolute Gasteiger partial charge is 0.395 e. The molecule has 0 rings (SSSR count). The number of hydrogen-bond acceptors (Lipinski definition) is 4. The second-order valence-corrected chi connectivity index (χ2v) is 1.88. The molecule has 0 spiro atoms. The zero-order chi connectivity index (χ0) is 7.82. The van der Waals surface area contributed by atoms with Crippen LogP contribution in [0.5, 0.6) is 0 Å². The minimum absolute atomic E-state index is 0.0294. The third-order valence-electron chi connectivity index (χ3n) is 1.13. The van der Waals surface area contributed by atoms with Crippen LogP contribution in [0.3, 0.4) is 0 Å². The third kappa shape index (κ3) is 4.27. The standard InChI is InChI=1S/C6H12N2O2/c7-1-2-8(3-5-9)4-6-10/h9-10H,2-6H2. The van der Waals surface area contributed by atoms with E-state index < -0.39 is 0 Å². The number of nitriles is 1. The normalized spacial score (nSPS) is 9.80. The van der Waals surface area contributed by atoms with Crippen molar-refractivity contribution in [3.8, 4) is 6.07 Å². The van der Waals surface area contributed by atoms with Crippen molar-refractivity contribution < 1.29 is 10.2 Å². The van der Waals surface area contributed by atoms with Crippen molar-refractivity contribution in [1.29, 1.82) is 5.26 Å². The van der Waals surface area contributed by atoms with E-state index in [1.807, 2.05) is 6.07 Å². The van der Waals surface area contributed by atoms with Crippen molar-refractivity contribution in [1.82, 2.24) is 4.90 Å². The van der Waals surface area contributed by atoms with Crippen LogP contribution in [0.2, 0.25) is 0 Å². The number of hydrogen-bond donors (Lipinski definition) is 2. The Morgan fingerprint density at radius 1 is 1.20 bits per heavy atom. The van der Waals surface area contributed by atoms with Crippen molar-refractivity contribution in [2.24, 2.45) is 0 Å². The Kier molecular flexibility index (Phi) is 6.08. The lowest BCUT2D eigenvalue weighted by molar-refractivity contribution is 0.173. The molecule has 0 aromatic carbocycles. The van der Waals surface area contributed by atoms with Gasteiger partial charge in [0.25, 0.3) is 0 Å². The fraction of sp³-hybridized carbons (Fsp3) is 0.833. The Morgan fingerprint density at radius 3 is 2.00 bits per heavy atom. The molecule has 0 amide bonds. The second kappa shape index (κ2) is 6.49. The van der Waals surface area contributed by atoms with Crippen LogP contribution >= 0.6 is 0 Å². The molecule has 58 valence electrons. The minimum atomic E-state index is 0.0294. The van der Waals surface area contributed by atoms with Gasteiger partial charge in [-0.05, 0) is 0 Å². The Hall–Kier alpha value is -0.630. The fourth-order valence-electron chi connectivity index (χ4n) is 0.653. The van der Waals surface area contributed by atoms with Gasteiger partial charge in [-0.25, -0.2) is 0 Å². The maximum atomic E-state index is 8.46. The van der Waals surface area contributed by atoms with Gasteiger partial charge in [0.2, 0.25) is 0 Å². The number of rotatable bonds is 5. The average Bonchev–Trinajstić information content (AvgIpc) is 1.90. The maximum absolute atomic E-state index is 8.46. The molecular formula is C6H12N2O2. The van der Waals surface area contributed by atoms with Gasteiger partial charge in [-0.15, -0.1) is 0 Å². The zero-order valence-electron chi connectivity index (χ0n) is 5.82. The minimum Gasteiger partial charge on any atom is -0.395 e. The Labute approximate surface area is 60.3 Å². The number of nitrogens with zero attached hydrogens (tertiary/aromatic N) is 2. The van der Waals surface area contributed by atoms with E-state index >= 15 is 0 Å². The van der Waals surface area contributed by atoms with Crippen LogP contribution in [-0.2, 0) is 0 Å². The Bertz CT molecular complexity index is 105. The molecule has 0 unspecified atom stereocenters. The zero-order valence-corrected chi connectivity index (χ0v) is 5.82. The van der Waals surface area contributed by atoms with Gasteiger partial charge in [-0.1, -0.05) is 0 Å². The molecule has 4 nitrogen and oxygen atoms in total. The number of aliphatic hydroxyl groups is 2. The van der Waals surface area contributed by atoms with Crippen molar-refractivity contribution in [2.45, 2.75) is 0 Å². The monoisotopic (exact) mass is 144 g/mol. The predicted molar refractivity (Wildman–Crippen MR) is 36.2 cm³/mol. The Balaban J connectivity index is 3.42. The molecule has 0 saturated heterocycles. The first-order chi connectivity index (χ1) is 4.85. The highest BCUT2D eigenvalue weighted by Gasteiger charge is 2.00. The molecule has 0 aliphatic carbocycles. The SMILES string of the molecule is N#CCN(CCO)CCO. The first kappa shape index (κ1) is 9.37. The molecule has 4 heteroatoms. The fourth-order valence-corrected chi connectivity index (χ4v) is 0.653. The quantitative estimate of drug-likeness (QED) is 0.475. The van der Waals surface area contributed by atoms with Crippen LogP contribution in [0, 0.1) is 11.3 Å². The van der Waals surface area contributed by atoms with Crippen LogP contribution in [-0.4, -0.2) is 48.0 Å². The molecule has 0 aromatic rings. The lowest BCUT2D eigenvalue weighted by Crippen LogP contribution is -2.30. The molecule has 2 N–H and O–H groups in total.